The molecule has 0 saturated carbocycles. The highest BCUT2D eigenvalue weighted by molar-refractivity contribution is 7.87. The van der Waals surface area contributed by atoms with E-state index in [1.807, 2.05) is 12.1 Å². The van der Waals surface area contributed by atoms with Gasteiger partial charge in [0.25, 0.3) is 10.2 Å². The van der Waals surface area contributed by atoms with Gasteiger partial charge in [0, 0.05) is 31.0 Å². The van der Waals surface area contributed by atoms with Crippen molar-refractivity contribution in [2.45, 2.75) is 13.0 Å². The Morgan fingerprint density at radius 3 is 2.23 bits per heavy atom. The largest absolute Gasteiger partial charge is 0.280 e. The van der Waals surface area contributed by atoms with Crippen LogP contribution in [0.3, 0.4) is 0 Å². The van der Waals surface area contributed by atoms with E-state index in [2.05, 4.69) is 9.71 Å². The van der Waals surface area contributed by atoms with Crippen LogP contribution in [-0.2, 0) is 10.2 Å². The van der Waals surface area contributed by atoms with Gasteiger partial charge in [0.05, 0.1) is 6.04 Å². The zero-order valence-electron chi connectivity index (χ0n) is 12.4. The van der Waals surface area contributed by atoms with Crippen molar-refractivity contribution >= 4 is 21.8 Å². The molecule has 0 spiro atoms. The van der Waals surface area contributed by atoms with Gasteiger partial charge in [-0.1, -0.05) is 30.7 Å². The van der Waals surface area contributed by atoms with Crippen LogP contribution in [-0.4, -0.2) is 31.3 Å². The average Bonchev–Trinajstić information content (AvgIpc) is 2.50. The van der Waals surface area contributed by atoms with Crippen LogP contribution >= 0.6 is 11.6 Å². The summed E-state index contributed by atoms with van der Waals surface area (Å²) < 4.78 is 28.5. The molecule has 0 fully saturated rings. The second-order valence-electron chi connectivity index (χ2n) is 4.75. The van der Waals surface area contributed by atoms with Crippen LogP contribution in [0, 0.1) is 0 Å². The van der Waals surface area contributed by atoms with E-state index in [-0.39, 0.29) is 0 Å². The highest BCUT2D eigenvalue weighted by Gasteiger charge is 2.28. The summed E-state index contributed by atoms with van der Waals surface area (Å²) in [6.45, 7) is 2.07. The van der Waals surface area contributed by atoms with E-state index in [4.69, 9.17) is 11.6 Å². The molecule has 0 radical (unpaired) electrons. The van der Waals surface area contributed by atoms with Gasteiger partial charge < -0.3 is 0 Å². The summed E-state index contributed by atoms with van der Waals surface area (Å²) in [5, 5.41) is 0.606. The van der Waals surface area contributed by atoms with Crippen molar-refractivity contribution in [3.63, 3.8) is 0 Å². The molecule has 0 aliphatic carbocycles. The Hall–Kier alpha value is -1.47. The Morgan fingerprint density at radius 2 is 1.68 bits per heavy atom. The van der Waals surface area contributed by atoms with Gasteiger partial charge in [-0.05, 0) is 35.4 Å². The van der Waals surface area contributed by atoms with Gasteiger partial charge in [-0.3, -0.25) is 4.98 Å². The Bertz CT molecular complexity index is 705. The topological polar surface area (TPSA) is 62.3 Å². The number of rotatable bonds is 6. The summed E-state index contributed by atoms with van der Waals surface area (Å²) in [4.78, 5) is 3.99. The zero-order chi connectivity index (χ0) is 16.2. The van der Waals surface area contributed by atoms with Gasteiger partial charge >= 0.3 is 0 Å². The summed E-state index contributed by atoms with van der Waals surface area (Å²) >= 11 is 5.93. The first-order valence-electron chi connectivity index (χ1n) is 6.83. The molecule has 0 aliphatic rings. The van der Waals surface area contributed by atoms with Crippen LogP contribution in [0.5, 0.6) is 0 Å². The molecule has 5 nitrogen and oxygen atoms in total. The molecule has 7 heteroatoms. The van der Waals surface area contributed by atoms with Crippen molar-refractivity contribution in [3.8, 4) is 0 Å². The minimum atomic E-state index is -3.59. The number of benzene rings is 1. The second kappa shape index (κ2) is 7.19. The predicted octanol–water partition coefficient (Wildman–Crippen LogP) is 2.61. The van der Waals surface area contributed by atoms with Crippen LogP contribution < -0.4 is 4.72 Å². The fraction of sp³-hybridized carbons (Fsp3) is 0.267. The minimum absolute atomic E-state index is 0.330. The smallest absolute Gasteiger partial charge is 0.265 e. The SMILES string of the molecule is CCNS(=O)(=O)N(C)C(c1ccncc1)c1ccc(Cl)cc1. The second-order valence-corrected chi connectivity index (χ2v) is 7.00. The molecule has 1 aromatic heterocycles. The molecule has 0 aliphatic heterocycles. The molecule has 1 aromatic carbocycles. The predicted molar refractivity (Wildman–Crippen MR) is 87.9 cm³/mol. The number of nitrogens with one attached hydrogen (secondary N) is 1. The maximum absolute atomic E-state index is 12.4. The normalized spacial score (nSPS) is 13.3. The lowest BCUT2D eigenvalue weighted by Crippen LogP contribution is -2.40. The summed E-state index contributed by atoms with van der Waals surface area (Å²) in [5.41, 5.74) is 1.67. The summed E-state index contributed by atoms with van der Waals surface area (Å²) in [5.74, 6) is 0. The molecular weight excluding hydrogens is 322 g/mol. The number of nitrogens with zero attached hydrogens (tertiary/aromatic N) is 2. The van der Waals surface area contributed by atoms with E-state index in [1.165, 1.54) is 4.31 Å². The molecule has 0 bridgehead atoms. The van der Waals surface area contributed by atoms with E-state index in [0.717, 1.165) is 11.1 Å². The third-order valence-corrected chi connectivity index (χ3v) is 5.15. The molecule has 0 saturated heterocycles. The average molecular weight is 340 g/mol. The van der Waals surface area contributed by atoms with Crippen LogP contribution in [0.4, 0.5) is 0 Å². The van der Waals surface area contributed by atoms with Gasteiger partial charge in [-0.15, -0.1) is 0 Å². The number of aromatic nitrogens is 1. The third kappa shape index (κ3) is 3.84. The lowest BCUT2D eigenvalue weighted by molar-refractivity contribution is 0.410. The van der Waals surface area contributed by atoms with Crippen molar-refractivity contribution in [2.24, 2.45) is 0 Å². The van der Waals surface area contributed by atoms with Gasteiger partial charge in [0.15, 0.2) is 0 Å². The molecule has 2 aromatic rings. The summed E-state index contributed by atoms with van der Waals surface area (Å²) in [6, 6.07) is 10.3. The van der Waals surface area contributed by atoms with E-state index in [0.29, 0.717) is 11.6 Å². The Balaban J connectivity index is 2.49. The van der Waals surface area contributed by atoms with E-state index in [1.54, 1.807) is 50.6 Å². The molecule has 118 valence electrons. The molecule has 1 heterocycles. The van der Waals surface area contributed by atoms with Crippen LogP contribution in [0.1, 0.15) is 24.1 Å². The first kappa shape index (κ1) is 16.9. The van der Waals surface area contributed by atoms with Crippen molar-refractivity contribution in [1.29, 1.82) is 0 Å². The molecule has 1 atom stereocenters. The summed E-state index contributed by atoms with van der Waals surface area (Å²) in [6.07, 6.45) is 3.29. The molecule has 0 amide bonds. The van der Waals surface area contributed by atoms with Gasteiger partial charge in [0.1, 0.15) is 0 Å². The van der Waals surface area contributed by atoms with Crippen molar-refractivity contribution in [1.82, 2.24) is 14.0 Å². The monoisotopic (exact) mass is 339 g/mol. The Labute approximate surface area is 136 Å². The zero-order valence-corrected chi connectivity index (χ0v) is 14.0. The molecular formula is C15H18ClN3O2S. The van der Waals surface area contributed by atoms with E-state index in [9.17, 15) is 8.42 Å². The highest BCUT2D eigenvalue weighted by Crippen LogP contribution is 2.29. The standard InChI is InChI=1S/C15H18ClN3O2S/c1-3-18-22(20,21)19(2)15(13-8-10-17-11-9-13)12-4-6-14(16)7-5-12/h4-11,15,18H,3H2,1-2H3. The maximum atomic E-state index is 12.4. The lowest BCUT2D eigenvalue weighted by atomic mass is 10.00. The van der Waals surface area contributed by atoms with E-state index >= 15 is 0 Å². The molecule has 1 N–H and O–H groups in total. The van der Waals surface area contributed by atoms with Gasteiger partial charge in [0.2, 0.25) is 0 Å². The number of pyridine rings is 1. The highest BCUT2D eigenvalue weighted by atomic mass is 35.5. The number of hydrogen-bond acceptors (Lipinski definition) is 3. The summed E-state index contributed by atoms with van der Waals surface area (Å²) in [7, 11) is -2.03. The van der Waals surface area contributed by atoms with Crippen LogP contribution in [0.2, 0.25) is 5.02 Å². The Morgan fingerprint density at radius 1 is 1.14 bits per heavy atom. The lowest BCUT2D eigenvalue weighted by Gasteiger charge is -2.28. The Kier molecular flexibility index (Phi) is 5.52. The van der Waals surface area contributed by atoms with E-state index < -0.39 is 16.3 Å². The quantitative estimate of drug-likeness (QED) is 0.880. The first-order chi connectivity index (χ1) is 10.5. The van der Waals surface area contributed by atoms with Crippen LogP contribution in [0.15, 0.2) is 48.8 Å². The van der Waals surface area contributed by atoms with Crippen LogP contribution in [0.25, 0.3) is 0 Å². The molecule has 2 rings (SSSR count). The first-order valence-corrected chi connectivity index (χ1v) is 8.65. The molecule has 22 heavy (non-hydrogen) atoms. The molecule has 1 unspecified atom stereocenters. The van der Waals surface area contributed by atoms with Gasteiger partial charge in [-0.25, -0.2) is 4.72 Å². The fourth-order valence-electron chi connectivity index (χ4n) is 2.23. The maximum Gasteiger partial charge on any atom is 0.280 e. The number of hydrogen-bond donors (Lipinski definition) is 1. The fourth-order valence-corrected chi connectivity index (χ4v) is 3.44. The third-order valence-electron chi connectivity index (χ3n) is 3.28. The minimum Gasteiger partial charge on any atom is -0.265 e. The van der Waals surface area contributed by atoms with Crippen molar-refractivity contribution in [2.75, 3.05) is 13.6 Å². The van der Waals surface area contributed by atoms with Crippen molar-refractivity contribution in [3.05, 3.63) is 64.9 Å². The van der Waals surface area contributed by atoms with Gasteiger partial charge in [-0.2, -0.15) is 12.7 Å². The van der Waals surface area contributed by atoms with Crippen molar-refractivity contribution < 1.29 is 8.42 Å². The number of halogens is 1.